The second-order valence-corrected chi connectivity index (χ2v) is 16.8. The zero-order chi connectivity index (χ0) is 41.5. The van der Waals surface area contributed by atoms with Crippen molar-refractivity contribution in [3.05, 3.63) is 265 Å². The van der Waals surface area contributed by atoms with Crippen molar-refractivity contribution in [2.75, 3.05) is 4.90 Å². The predicted molar refractivity (Wildman–Crippen MR) is 263 cm³/mol. The molecule has 0 aliphatic heterocycles. The van der Waals surface area contributed by atoms with E-state index in [0.29, 0.717) is 0 Å². The highest BCUT2D eigenvalue weighted by atomic mass is 15.1. The van der Waals surface area contributed by atoms with Crippen LogP contribution in [0.1, 0.15) is 22.3 Å². The van der Waals surface area contributed by atoms with Crippen LogP contribution in [0.2, 0.25) is 0 Å². The lowest BCUT2D eigenvalue weighted by atomic mass is 9.70. The van der Waals surface area contributed by atoms with Crippen molar-refractivity contribution >= 4 is 38.9 Å². The molecule has 2 aliphatic carbocycles. The monoisotopic (exact) mass is 800 g/mol. The first-order chi connectivity index (χ1) is 31.3. The van der Waals surface area contributed by atoms with Crippen molar-refractivity contribution in [1.82, 2.24) is 4.57 Å². The topological polar surface area (TPSA) is 8.17 Å². The van der Waals surface area contributed by atoms with Crippen molar-refractivity contribution in [3.63, 3.8) is 0 Å². The summed E-state index contributed by atoms with van der Waals surface area (Å²) in [5.74, 6) is 0. The predicted octanol–water partition coefficient (Wildman–Crippen LogP) is 15.9. The van der Waals surface area contributed by atoms with Crippen LogP contribution in [0.5, 0.6) is 0 Å². The smallest absolute Gasteiger partial charge is 0.0726 e. The third kappa shape index (κ3) is 5.13. The number of nitrogens with zero attached hydrogens (tertiary/aromatic N) is 2. The van der Waals surface area contributed by atoms with Gasteiger partial charge in [-0.1, -0.05) is 194 Å². The summed E-state index contributed by atoms with van der Waals surface area (Å²) in [6.07, 6.45) is 0. The Morgan fingerprint density at radius 3 is 1.46 bits per heavy atom. The Hall–Kier alpha value is -8.20. The number of anilines is 3. The number of benzene rings is 10. The summed E-state index contributed by atoms with van der Waals surface area (Å²) in [5.41, 5.74) is 21.6. The van der Waals surface area contributed by atoms with Gasteiger partial charge in [0.15, 0.2) is 0 Å². The van der Waals surface area contributed by atoms with Crippen LogP contribution in [0.25, 0.3) is 72.0 Å². The first-order valence-electron chi connectivity index (χ1n) is 21.9. The summed E-state index contributed by atoms with van der Waals surface area (Å²) in [4.78, 5) is 2.51. The minimum atomic E-state index is -0.468. The molecular formula is C61H40N2. The number of fused-ring (bicyclic) bond motifs is 13. The number of hydrogen-bond donors (Lipinski definition) is 0. The molecule has 0 unspecified atom stereocenters. The van der Waals surface area contributed by atoms with Gasteiger partial charge < -0.3 is 9.47 Å². The molecule has 2 aliphatic rings. The Labute approximate surface area is 367 Å². The van der Waals surface area contributed by atoms with Crippen LogP contribution < -0.4 is 4.90 Å². The summed E-state index contributed by atoms with van der Waals surface area (Å²) < 4.78 is 2.47. The first kappa shape index (κ1) is 35.5. The fraction of sp³-hybridized carbons (Fsp3) is 0.0164. The van der Waals surface area contributed by atoms with Gasteiger partial charge >= 0.3 is 0 Å². The van der Waals surface area contributed by atoms with Gasteiger partial charge in [-0.2, -0.15) is 0 Å². The molecule has 0 N–H and O–H groups in total. The molecule has 63 heavy (non-hydrogen) atoms. The highest BCUT2D eigenvalue weighted by molar-refractivity contribution is 6.17. The fourth-order valence-electron chi connectivity index (χ4n) is 11.1. The van der Waals surface area contributed by atoms with Crippen LogP contribution in [0.15, 0.2) is 243 Å². The molecule has 1 aromatic heterocycles. The van der Waals surface area contributed by atoms with Gasteiger partial charge in [0.25, 0.3) is 0 Å². The fourth-order valence-corrected chi connectivity index (χ4v) is 11.1. The van der Waals surface area contributed by atoms with E-state index in [0.717, 1.165) is 28.3 Å². The molecule has 294 valence electrons. The normalized spacial score (nSPS) is 12.9. The Bertz CT molecular complexity index is 3480. The maximum absolute atomic E-state index is 2.51. The first-order valence-corrected chi connectivity index (χ1v) is 21.9. The molecule has 0 radical (unpaired) electrons. The number of aromatic nitrogens is 1. The molecule has 0 bridgehead atoms. The Balaban J connectivity index is 1.13. The molecular weight excluding hydrogens is 761 g/mol. The summed E-state index contributed by atoms with van der Waals surface area (Å²) in [5, 5.41) is 2.45. The Morgan fingerprint density at radius 2 is 0.825 bits per heavy atom. The van der Waals surface area contributed by atoms with Crippen LogP contribution in [0.3, 0.4) is 0 Å². The van der Waals surface area contributed by atoms with Crippen molar-refractivity contribution in [2.45, 2.75) is 5.41 Å². The van der Waals surface area contributed by atoms with E-state index < -0.39 is 5.41 Å². The highest BCUT2D eigenvalue weighted by Crippen LogP contribution is 2.63. The SMILES string of the molecule is c1ccc(-c2ccc(N(c3ccc4c(c3)C3(c5ccccc5-c5ccccc53)c3ccccc3-4)c3ccc4c5ccccc5n(-c5ccccc5)c4c3-c3ccccc3)cc2)cc1. The summed E-state index contributed by atoms with van der Waals surface area (Å²) in [7, 11) is 0. The summed E-state index contributed by atoms with van der Waals surface area (Å²) in [6.45, 7) is 0. The highest BCUT2D eigenvalue weighted by Gasteiger charge is 2.51. The van der Waals surface area contributed by atoms with E-state index in [2.05, 4.69) is 252 Å². The van der Waals surface area contributed by atoms with Crippen LogP contribution in [-0.4, -0.2) is 4.57 Å². The van der Waals surface area contributed by atoms with Crippen molar-refractivity contribution in [2.24, 2.45) is 0 Å². The van der Waals surface area contributed by atoms with Gasteiger partial charge in [0.2, 0.25) is 0 Å². The van der Waals surface area contributed by atoms with Gasteiger partial charge in [0.1, 0.15) is 0 Å². The van der Waals surface area contributed by atoms with Crippen molar-refractivity contribution < 1.29 is 0 Å². The molecule has 0 amide bonds. The molecule has 13 rings (SSSR count). The largest absolute Gasteiger partial charge is 0.310 e. The third-order valence-electron chi connectivity index (χ3n) is 13.6. The third-order valence-corrected chi connectivity index (χ3v) is 13.6. The molecule has 0 saturated heterocycles. The molecule has 0 saturated carbocycles. The average Bonchev–Trinajstić information content (AvgIpc) is 3.97. The van der Waals surface area contributed by atoms with E-state index in [1.807, 2.05) is 0 Å². The number of para-hydroxylation sites is 2. The van der Waals surface area contributed by atoms with E-state index in [1.165, 1.54) is 83.0 Å². The molecule has 11 aromatic rings. The van der Waals surface area contributed by atoms with Crippen LogP contribution in [0.4, 0.5) is 17.1 Å². The Morgan fingerprint density at radius 1 is 0.333 bits per heavy atom. The van der Waals surface area contributed by atoms with Gasteiger partial charge in [0.05, 0.1) is 22.1 Å². The van der Waals surface area contributed by atoms with E-state index in [9.17, 15) is 0 Å². The molecule has 10 aromatic carbocycles. The van der Waals surface area contributed by atoms with Gasteiger partial charge in [0, 0.05) is 33.4 Å². The van der Waals surface area contributed by atoms with Crippen LogP contribution in [0, 0.1) is 0 Å². The molecule has 1 heterocycles. The van der Waals surface area contributed by atoms with Crippen molar-refractivity contribution in [1.29, 1.82) is 0 Å². The average molecular weight is 801 g/mol. The number of rotatable bonds is 6. The lowest BCUT2D eigenvalue weighted by Crippen LogP contribution is -2.26. The van der Waals surface area contributed by atoms with Gasteiger partial charge in [-0.15, -0.1) is 0 Å². The molecule has 2 nitrogen and oxygen atoms in total. The zero-order valence-electron chi connectivity index (χ0n) is 34.5. The molecule has 0 atom stereocenters. The minimum absolute atomic E-state index is 0.468. The van der Waals surface area contributed by atoms with Gasteiger partial charge in [-0.05, 0) is 110 Å². The molecule has 1 spiro atoms. The second kappa shape index (κ2) is 13.9. The Kier molecular flexibility index (Phi) is 7.85. The summed E-state index contributed by atoms with van der Waals surface area (Å²) >= 11 is 0. The number of hydrogen-bond acceptors (Lipinski definition) is 1. The van der Waals surface area contributed by atoms with Crippen LogP contribution in [-0.2, 0) is 5.41 Å². The summed E-state index contributed by atoms with van der Waals surface area (Å²) in [6, 6.07) is 89.6. The van der Waals surface area contributed by atoms with E-state index >= 15 is 0 Å². The quantitative estimate of drug-likeness (QED) is 0.163. The minimum Gasteiger partial charge on any atom is -0.310 e. The molecule has 2 heteroatoms. The van der Waals surface area contributed by atoms with E-state index in [-0.39, 0.29) is 0 Å². The maximum atomic E-state index is 2.51. The van der Waals surface area contributed by atoms with Gasteiger partial charge in [-0.25, -0.2) is 0 Å². The maximum Gasteiger partial charge on any atom is 0.0726 e. The zero-order valence-corrected chi connectivity index (χ0v) is 34.5. The van der Waals surface area contributed by atoms with E-state index in [4.69, 9.17) is 0 Å². The van der Waals surface area contributed by atoms with Crippen LogP contribution >= 0.6 is 0 Å². The van der Waals surface area contributed by atoms with Crippen molar-refractivity contribution in [3.8, 4) is 50.2 Å². The standard InChI is InChI=1S/C61H40N2/c1-4-18-41(19-5-1)42-32-34-45(35-33-42)62(58-39-38-52-51-27-13-17-31-57(51)63(44-22-8-3-9-23-44)60(52)59(58)43-20-6-2-7-21-43)46-36-37-50-49-26-12-16-30-55(49)61(56(50)40-46)53-28-14-10-24-47(53)48-25-11-15-29-54(48)61/h1-40H. The second-order valence-electron chi connectivity index (χ2n) is 16.8. The molecule has 0 fully saturated rings. The lowest BCUT2D eigenvalue weighted by molar-refractivity contribution is 0.793. The lowest BCUT2D eigenvalue weighted by Gasteiger charge is -2.33. The van der Waals surface area contributed by atoms with Gasteiger partial charge in [-0.3, -0.25) is 0 Å². The van der Waals surface area contributed by atoms with E-state index in [1.54, 1.807) is 0 Å².